The van der Waals surface area contributed by atoms with Gasteiger partial charge < -0.3 is 10.2 Å². The molecule has 0 saturated heterocycles. The van der Waals surface area contributed by atoms with Gasteiger partial charge in [0.2, 0.25) is 21.8 Å². The van der Waals surface area contributed by atoms with Crippen LogP contribution in [0, 0.1) is 5.82 Å². The number of halogens is 1. The molecule has 0 aliphatic carbocycles. The smallest absolute Gasteiger partial charge is 0.244 e. The standard InChI is InChI=1S/C20H24FN3O4S2/c1-24(14-19(25)22-15-8-4-3-5-9-15)20(26)17(12-13-29-2)23-30(27,28)18-11-7-6-10-16(18)21/h3-11,17,23H,12-14H2,1-2H3,(H,22,25). The van der Waals surface area contributed by atoms with Crippen LogP contribution in [0.3, 0.4) is 0 Å². The number of sulfonamides is 1. The molecule has 2 aromatic carbocycles. The lowest BCUT2D eigenvalue weighted by atomic mass is 10.2. The zero-order chi connectivity index (χ0) is 22.1. The van der Waals surface area contributed by atoms with E-state index in [0.717, 1.165) is 17.0 Å². The second-order valence-corrected chi connectivity index (χ2v) is 9.16. The van der Waals surface area contributed by atoms with Crippen LogP contribution in [0.4, 0.5) is 10.1 Å². The van der Waals surface area contributed by atoms with E-state index < -0.39 is 38.6 Å². The van der Waals surface area contributed by atoms with E-state index in [1.54, 1.807) is 24.3 Å². The SMILES string of the molecule is CSCCC(NS(=O)(=O)c1ccccc1F)C(=O)N(C)CC(=O)Nc1ccccc1. The summed E-state index contributed by atoms with van der Waals surface area (Å²) in [6, 6.07) is 12.6. The summed E-state index contributed by atoms with van der Waals surface area (Å²) < 4.78 is 41.5. The summed E-state index contributed by atoms with van der Waals surface area (Å²) in [5.74, 6) is -1.40. The van der Waals surface area contributed by atoms with Crippen molar-refractivity contribution in [3.8, 4) is 0 Å². The van der Waals surface area contributed by atoms with Crippen molar-refractivity contribution in [2.24, 2.45) is 0 Å². The van der Waals surface area contributed by atoms with Gasteiger partial charge in [0, 0.05) is 12.7 Å². The fourth-order valence-electron chi connectivity index (χ4n) is 2.66. The van der Waals surface area contributed by atoms with Gasteiger partial charge in [0.25, 0.3) is 0 Å². The van der Waals surface area contributed by atoms with E-state index in [4.69, 9.17) is 0 Å². The summed E-state index contributed by atoms with van der Waals surface area (Å²) in [6.07, 6.45) is 2.02. The molecule has 30 heavy (non-hydrogen) atoms. The van der Waals surface area contributed by atoms with Gasteiger partial charge in [0.05, 0.1) is 6.54 Å². The Labute approximate surface area is 180 Å². The molecule has 1 unspecified atom stereocenters. The normalized spacial score (nSPS) is 12.2. The second kappa shape index (κ2) is 11.1. The van der Waals surface area contributed by atoms with Crippen LogP contribution in [0.5, 0.6) is 0 Å². The van der Waals surface area contributed by atoms with Crippen LogP contribution >= 0.6 is 11.8 Å². The van der Waals surface area contributed by atoms with Crippen LogP contribution in [0.15, 0.2) is 59.5 Å². The third-order valence-corrected chi connectivity index (χ3v) is 6.30. The largest absolute Gasteiger partial charge is 0.335 e. The van der Waals surface area contributed by atoms with Crippen LogP contribution in [-0.2, 0) is 19.6 Å². The second-order valence-electron chi connectivity index (χ2n) is 6.49. The Balaban J connectivity index is 2.10. The summed E-state index contributed by atoms with van der Waals surface area (Å²) in [5.41, 5.74) is 0.586. The molecule has 2 amide bonds. The first-order chi connectivity index (χ1) is 14.2. The summed E-state index contributed by atoms with van der Waals surface area (Å²) in [6.45, 7) is -0.259. The first-order valence-corrected chi connectivity index (χ1v) is 12.0. The number of carbonyl (C=O) groups excluding carboxylic acids is 2. The monoisotopic (exact) mass is 453 g/mol. The van der Waals surface area contributed by atoms with E-state index in [0.29, 0.717) is 11.4 Å². The molecule has 7 nitrogen and oxygen atoms in total. The van der Waals surface area contributed by atoms with Gasteiger partial charge in [-0.1, -0.05) is 30.3 Å². The number of amides is 2. The molecule has 0 spiro atoms. The number of likely N-dealkylation sites (N-methyl/N-ethyl adjacent to an activating group) is 1. The zero-order valence-corrected chi connectivity index (χ0v) is 18.3. The van der Waals surface area contributed by atoms with E-state index >= 15 is 0 Å². The van der Waals surface area contributed by atoms with Crippen molar-refractivity contribution in [1.29, 1.82) is 0 Å². The summed E-state index contributed by atoms with van der Waals surface area (Å²) in [7, 11) is -2.85. The van der Waals surface area contributed by atoms with Crippen molar-refractivity contribution < 1.29 is 22.4 Å². The van der Waals surface area contributed by atoms with Crippen molar-refractivity contribution in [2.75, 3.05) is 30.9 Å². The average molecular weight is 454 g/mol. The Bertz CT molecular complexity index is 971. The molecule has 0 fully saturated rings. The van der Waals surface area contributed by atoms with Crippen LogP contribution < -0.4 is 10.0 Å². The Morgan fingerprint density at radius 3 is 2.37 bits per heavy atom. The molecule has 0 bridgehead atoms. The molecule has 10 heteroatoms. The number of thioether (sulfide) groups is 1. The van der Waals surface area contributed by atoms with Crippen LogP contribution in [-0.4, -0.2) is 56.8 Å². The summed E-state index contributed by atoms with van der Waals surface area (Å²) in [5, 5.41) is 2.67. The molecule has 162 valence electrons. The molecule has 0 aliphatic rings. The molecule has 0 heterocycles. The van der Waals surface area contributed by atoms with Crippen molar-refractivity contribution in [3.05, 3.63) is 60.4 Å². The van der Waals surface area contributed by atoms with Crippen LogP contribution in [0.25, 0.3) is 0 Å². The number of anilines is 1. The molecule has 0 radical (unpaired) electrons. The van der Waals surface area contributed by atoms with E-state index in [1.165, 1.54) is 30.9 Å². The first-order valence-electron chi connectivity index (χ1n) is 9.10. The minimum atomic E-state index is -4.26. The maximum absolute atomic E-state index is 14.0. The quantitative estimate of drug-likeness (QED) is 0.576. The van der Waals surface area contributed by atoms with Gasteiger partial charge >= 0.3 is 0 Å². The molecule has 0 aromatic heterocycles. The molecule has 0 aliphatic heterocycles. The fourth-order valence-corrected chi connectivity index (χ4v) is 4.44. The van der Waals surface area contributed by atoms with Gasteiger partial charge in [-0.05, 0) is 42.7 Å². The molecule has 2 rings (SSSR count). The average Bonchev–Trinajstić information content (AvgIpc) is 2.71. The number of nitrogens with zero attached hydrogens (tertiary/aromatic N) is 1. The topological polar surface area (TPSA) is 95.6 Å². The minimum Gasteiger partial charge on any atom is -0.335 e. The highest BCUT2D eigenvalue weighted by Crippen LogP contribution is 2.15. The number of para-hydroxylation sites is 1. The van der Waals surface area contributed by atoms with Crippen molar-refractivity contribution in [1.82, 2.24) is 9.62 Å². The predicted molar refractivity (Wildman–Crippen MR) is 116 cm³/mol. The third-order valence-electron chi connectivity index (χ3n) is 4.15. The first kappa shape index (κ1) is 23.8. The molecule has 2 aromatic rings. The van der Waals surface area contributed by atoms with Crippen molar-refractivity contribution in [2.45, 2.75) is 17.4 Å². The maximum Gasteiger partial charge on any atom is 0.244 e. The predicted octanol–water partition coefficient (Wildman–Crippen LogP) is 2.32. The molecule has 0 saturated carbocycles. The van der Waals surface area contributed by atoms with Gasteiger partial charge in [0.1, 0.15) is 16.8 Å². The Morgan fingerprint density at radius 1 is 1.10 bits per heavy atom. The van der Waals surface area contributed by atoms with Gasteiger partial charge in [-0.15, -0.1) is 0 Å². The Kier molecular flexibility index (Phi) is 8.82. The van der Waals surface area contributed by atoms with Crippen molar-refractivity contribution in [3.63, 3.8) is 0 Å². The number of hydrogen-bond acceptors (Lipinski definition) is 5. The third kappa shape index (κ3) is 6.82. The number of carbonyl (C=O) groups is 2. The zero-order valence-electron chi connectivity index (χ0n) is 16.7. The van der Waals surface area contributed by atoms with Gasteiger partial charge in [-0.25, -0.2) is 12.8 Å². The van der Waals surface area contributed by atoms with Crippen molar-refractivity contribution >= 4 is 39.3 Å². The van der Waals surface area contributed by atoms with Crippen LogP contribution in [0.1, 0.15) is 6.42 Å². The highest BCUT2D eigenvalue weighted by Gasteiger charge is 2.29. The Hall–Kier alpha value is -2.43. The van der Waals surface area contributed by atoms with Crippen LogP contribution in [0.2, 0.25) is 0 Å². The molecule has 2 N–H and O–H groups in total. The number of benzene rings is 2. The highest BCUT2D eigenvalue weighted by molar-refractivity contribution is 7.98. The van der Waals surface area contributed by atoms with Gasteiger partial charge in [-0.3, -0.25) is 9.59 Å². The van der Waals surface area contributed by atoms with E-state index in [2.05, 4.69) is 10.0 Å². The summed E-state index contributed by atoms with van der Waals surface area (Å²) >= 11 is 1.44. The minimum absolute atomic E-state index is 0.193. The lowest BCUT2D eigenvalue weighted by Gasteiger charge is -2.24. The number of nitrogens with one attached hydrogen (secondary N) is 2. The number of rotatable bonds is 10. The fraction of sp³-hybridized carbons (Fsp3) is 0.300. The molecular weight excluding hydrogens is 429 g/mol. The maximum atomic E-state index is 14.0. The Morgan fingerprint density at radius 2 is 1.73 bits per heavy atom. The van der Waals surface area contributed by atoms with E-state index in [-0.39, 0.29) is 13.0 Å². The molecular formula is C20H24FN3O4S2. The highest BCUT2D eigenvalue weighted by atomic mass is 32.2. The summed E-state index contributed by atoms with van der Waals surface area (Å²) in [4.78, 5) is 25.7. The lowest BCUT2D eigenvalue weighted by Crippen LogP contribution is -2.49. The van der Waals surface area contributed by atoms with Gasteiger partial charge in [0.15, 0.2) is 0 Å². The lowest BCUT2D eigenvalue weighted by molar-refractivity contribution is -0.134. The molecule has 1 atom stereocenters. The van der Waals surface area contributed by atoms with E-state index in [9.17, 15) is 22.4 Å². The van der Waals surface area contributed by atoms with Gasteiger partial charge in [-0.2, -0.15) is 16.5 Å². The number of hydrogen-bond donors (Lipinski definition) is 2. The van der Waals surface area contributed by atoms with E-state index in [1.807, 2.05) is 12.3 Å².